The first-order valence-electron chi connectivity index (χ1n) is 9.73. The van der Waals surface area contributed by atoms with Gasteiger partial charge >= 0.3 is 0 Å². The van der Waals surface area contributed by atoms with Crippen molar-refractivity contribution in [3.05, 3.63) is 54.7 Å². The summed E-state index contributed by atoms with van der Waals surface area (Å²) in [6.45, 7) is 4.11. The van der Waals surface area contributed by atoms with Crippen LogP contribution in [0.3, 0.4) is 0 Å². The molecule has 1 aromatic heterocycles. The Kier molecular flexibility index (Phi) is 5.37. The Balaban J connectivity index is 1.42. The predicted molar refractivity (Wildman–Crippen MR) is 111 cm³/mol. The smallest absolute Gasteiger partial charge is 0.229 e. The first-order chi connectivity index (χ1) is 13.7. The summed E-state index contributed by atoms with van der Waals surface area (Å²) in [4.78, 5) is 24.1. The third kappa shape index (κ3) is 4.06. The van der Waals surface area contributed by atoms with Gasteiger partial charge in [-0.15, -0.1) is 0 Å². The van der Waals surface area contributed by atoms with Gasteiger partial charge < -0.3 is 15.0 Å². The second kappa shape index (κ2) is 8.25. The van der Waals surface area contributed by atoms with Crippen LogP contribution in [0.1, 0.15) is 19.8 Å². The van der Waals surface area contributed by atoms with Crippen molar-refractivity contribution in [1.82, 2.24) is 9.97 Å². The lowest BCUT2D eigenvalue weighted by molar-refractivity contribution is -0.120. The summed E-state index contributed by atoms with van der Waals surface area (Å²) in [6, 6.07) is 15.3. The molecule has 0 radical (unpaired) electrons. The number of para-hydroxylation sites is 2. The zero-order valence-corrected chi connectivity index (χ0v) is 16.0. The van der Waals surface area contributed by atoms with Crippen LogP contribution in [0.4, 0.5) is 11.5 Å². The molecule has 1 amide bonds. The van der Waals surface area contributed by atoms with Gasteiger partial charge in [-0.2, -0.15) is 0 Å². The Labute approximate surface area is 164 Å². The van der Waals surface area contributed by atoms with E-state index in [4.69, 9.17) is 9.72 Å². The highest BCUT2D eigenvalue weighted by Gasteiger charge is 2.27. The average Bonchev–Trinajstić information content (AvgIpc) is 2.75. The van der Waals surface area contributed by atoms with Gasteiger partial charge in [0, 0.05) is 18.8 Å². The molecule has 1 aliphatic heterocycles. The summed E-state index contributed by atoms with van der Waals surface area (Å²) in [7, 11) is 0. The fraction of sp³-hybridized carbons (Fsp3) is 0.318. The molecule has 1 fully saturated rings. The minimum atomic E-state index is -0.0754. The van der Waals surface area contributed by atoms with Crippen molar-refractivity contribution in [1.29, 1.82) is 0 Å². The number of amides is 1. The number of fused-ring (bicyclic) bond motifs is 1. The van der Waals surface area contributed by atoms with E-state index in [9.17, 15) is 4.79 Å². The van der Waals surface area contributed by atoms with Crippen LogP contribution in [0.15, 0.2) is 54.7 Å². The van der Waals surface area contributed by atoms with Crippen molar-refractivity contribution >= 4 is 28.4 Å². The number of hydrogen-bond donors (Lipinski definition) is 1. The Bertz CT molecular complexity index is 958. The largest absolute Gasteiger partial charge is 0.494 e. The lowest BCUT2D eigenvalue weighted by Crippen LogP contribution is -2.41. The highest BCUT2D eigenvalue weighted by atomic mass is 16.5. The maximum atomic E-state index is 12.8. The fourth-order valence-electron chi connectivity index (χ4n) is 3.54. The average molecular weight is 376 g/mol. The minimum Gasteiger partial charge on any atom is -0.494 e. The third-order valence-corrected chi connectivity index (χ3v) is 4.98. The monoisotopic (exact) mass is 376 g/mol. The number of anilines is 2. The lowest BCUT2D eigenvalue weighted by atomic mass is 9.97. The molecule has 0 spiro atoms. The van der Waals surface area contributed by atoms with Crippen molar-refractivity contribution in [3.63, 3.8) is 0 Å². The topological polar surface area (TPSA) is 67.3 Å². The van der Waals surface area contributed by atoms with Gasteiger partial charge in [-0.1, -0.05) is 12.1 Å². The van der Waals surface area contributed by atoms with Crippen LogP contribution in [-0.4, -0.2) is 35.6 Å². The van der Waals surface area contributed by atoms with Crippen molar-refractivity contribution in [2.24, 2.45) is 5.92 Å². The molecule has 0 aliphatic carbocycles. The number of carbonyl (C=O) groups is 1. The minimum absolute atomic E-state index is 0.0441. The molecule has 1 atom stereocenters. The van der Waals surface area contributed by atoms with E-state index in [1.54, 1.807) is 6.20 Å². The summed E-state index contributed by atoms with van der Waals surface area (Å²) in [5.74, 6) is 1.60. The molecule has 1 saturated heterocycles. The van der Waals surface area contributed by atoms with Crippen molar-refractivity contribution < 1.29 is 9.53 Å². The van der Waals surface area contributed by atoms with Crippen LogP contribution in [0.2, 0.25) is 0 Å². The summed E-state index contributed by atoms with van der Waals surface area (Å²) in [5, 5.41) is 3.03. The number of ether oxygens (including phenoxy) is 1. The van der Waals surface area contributed by atoms with Crippen LogP contribution >= 0.6 is 0 Å². The Hall–Kier alpha value is -3.15. The van der Waals surface area contributed by atoms with Gasteiger partial charge in [-0.05, 0) is 56.2 Å². The summed E-state index contributed by atoms with van der Waals surface area (Å²) < 4.78 is 5.44. The van der Waals surface area contributed by atoms with E-state index in [-0.39, 0.29) is 11.8 Å². The van der Waals surface area contributed by atoms with Crippen molar-refractivity contribution in [2.75, 3.05) is 29.9 Å². The van der Waals surface area contributed by atoms with E-state index in [1.807, 2.05) is 55.5 Å². The zero-order valence-electron chi connectivity index (χ0n) is 16.0. The van der Waals surface area contributed by atoms with E-state index >= 15 is 0 Å². The van der Waals surface area contributed by atoms with Gasteiger partial charge in [-0.3, -0.25) is 9.78 Å². The number of nitrogens with one attached hydrogen (secondary N) is 1. The molecule has 0 unspecified atom stereocenters. The van der Waals surface area contributed by atoms with E-state index in [2.05, 4.69) is 15.2 Å². The zero-order chi connectivity index (χ0) is 19.3. The Morgan fingerprint density at radius 3 is 2.75 bits per heavy atom. The highest BCUT2D eigenvalue weighted by molar-refractivity contribution is 5.93. The number of carbonyl (C=O) groups excluding carboxylic acids is 1. The van der Waals surface area contributed by atoms with Gasteiger partial charge in [0.05, 0.1) is 29.8 Å². The number of benzene rings is 2. The summed E-state index contributed by atoms with van der Waals surface area (Å²) >= 11 is 0. The molecule has 1 N–H and O–H groups in total. The standard InChI is InChI=1S/C22H24N4O2/c1-2-28-18-11-9-17(10-12-18)24-22(27)16-6-5-13-26(15-16)21-14-23-19-7-3-4-8-20(19)25-21/h3-4,7-12,14,16H,2,5-6,13,15H2,1H3,(H,24,27)/t16-/m1/s1. The number of aromatic nitrogens is 2. The molecule has 4 rings (SSSR count). The fourth-order valence-corrected chi connectivity index (χ4v) is 3.54. The molecule has 144 valence electrons. The van der Waals surface area contributed by atoms with E-state index in [0.29, 0.717) is 13.2 Å². The normalized spacial score (nSPS) is 16.8. The van der Waals surface area contributed by atoms with Crippen LogP contribution in [0.5, 0.6) is 5.75 Å². The molecular formula is C22H24N4O2. The molecule has 0 saturated carbocycles. The van der Waals surface area contributed by atoms with Gasteiger partial charge in [0.25, 0.3) is 0 Å². The quantitative estimate of drug-likeness (QED) is 0.732. The number of rotatable bonds is 5. The molecular weight excluding hydrogens is 352 g/mol. The Morgan fingerprint density at radius 2 is 1.96 bits per heavy atom. The van der Waals surface area contributed by atoms with Gasteiger partial charge in [0.2, 0.25) is 5.91 Å². The second-order valence-corrected chi connectivity index (χ2v) is 6.95. The van der Waals surface area contributed by atoms with E-state index in [0.717, 1.165) is 47.7 Å². The maximum Gasteiger partial charge on any atom is 0.229 e. The molecule has 1 aliphatic rings. The first kappa shape index (κ1) is 18.2. The molecule has 0 bridgehead atoms. The van der Waals surface area contributed by atoms with Crippen LogP contribution in [0, 0.1) is 5.92 Å². The van der Waals surface area contributed by atoms with Crippen molar-refractivity contribution in [3.8, 4) is 5.75 Å². The van der Waals surface area contributed by atoms with Crippen molar-refractivity contribution in [2.45, 2.75) is 19.8 Å². The maximum absolute atomic E-state index is 12.8. The molecule has 28 heavy (non-hydrogen) atoms. The number of nitrogens with zero attached hydrogens (tertiary/aromatic N) is 3. The van der Waals surface area contributed by atoms with E-state index < -0.39 is 0 Å². The third-order valence-electron chi connectivity index (χ3n) is 4.98. The van der Waals surface area contributed by atoms with Gasteiger partial charge in [-0.25, -0.2) is 4.98 Å². The predicted octanol–water partition coefficient (Wildman–Crippen LogP) is 3.88. The highest BCUT2D eigenvalue weighted by Crippen LogP contribution is 2.24. The van der Waals surface area contributed by atoms with Crippen LogP contribution < -0.4 is 15.0 Å². The summed E-state index contributed by atoms with van der Waals surface area (Å²) in [6.07, 6.45) is 3.63. The second-order valence-electron chi connectivity index (χ2n) is 6.95. The summed E-state index contributed by atoms with van der Waals surface area (Å²) in [5.41, 5.74) is 2.55. The molecule has 2 heterocycles. The molecule has 3 aromatic rings. The molecule has 6 nitrogen and oxygen atoms in total. The molecule has 6 heteroatoms. The van der Waals surface area contributed by atoms with Gasteiger partial charge in [0.15, 0.2) is 0 Å². The number of hydrogen-bond acceptors (Lipinski definition) is 5. The van der Waals surface area contributed by atoms with E-state index in [1.165, 1.54) is 0 Å². The molecule has 2 aromatic carbocycles. The van der Waals surface area contributed by atoms with Crippen LogP contribution in [-0.2, 0) is 4.79 Å². The first-order valence-corrected chi connectivity index (χ1v) is 9.73. The lowest BCUT2D eigenvalue weighted by Gasteiger charge is -2.32. The van der Waals surface area contributed by atoms with Gasteiger partial charge in [0.1, 0.15) is 11.6 Å². The Morgan fingerprint density at radius 1 is 1.18 bits per heavy atom. The van der Waals surface area contributed by atoms with Crippen LogP contribution in [0.25, 0.3) is 11.0 Å². The number of piperidine rings is 1. The SMILES string of the molecule is CCOc1ccc(NC(=O)[C@@H]2CCCN(c3cnc4ccccc4n3)C2)cc1.